The number of hydrogen-bond acceptors (Lipinski definition) is 6. The van der Waals surface area contributed by atoms with Crippen LogP contribution < -0.4 is 4.90 Å². The Balaban J connectivity index is 3.48. The highest BCUT2D eigenvalue weighted by molar-refractivity contribution is 9.10. The fraction of sp³-hybridized carbons (Fsp3) is 0.500. The first-order valence-electron chi connectivity index (χ1n) is 7.89. The molecule has 144 valence electrons. The van der Waals surface area contributed by atoms with Gasteiger partial charge < -0.3 is 14.2 Å². The Hall–Kier alpha value is -2.09. The molecule has 2 amide bonds. The zero-order valence-electron chi connectivity index (χ0n) is 16.0. The fourth-order valence-corrected chi connectivity index (χ4v) is 2.22. The minimum Gasteiger partial charge on any atom is -0.465 e. The largest absolute Gasteiger partial charge is 0.465 e. The number of benzene rings is 1. The molecule has 1 aromatic carbocycles. The number of halogens is 1. The smallest absolute Gasteiger partial charge is 0.424 e. The summed E-state index contributed by atoms with van der Waals surface area (Å²) in [6, 6.07) is 4.47. The Morgan fingerprint density at radius 1 is 0.923 bits per heavy atom. The molecule has 0 spiro atoms. The summed E-state index contributed by atoms with van der Waals surface area (Å²) >= 11 is 3.26. The number of ether oxygens (including phenoxy) is 3. The topological polar surface area (TPSA) is 82.1 Å². The van der Waals surface area contributed by atoms with Crippen molar-refractivity contribution in [1.29, 1.82) is 0 Å². The van der Waals surface area contributed by atoms with Crippen LogP contribution in [0.5, 0.6) is 0 Å². The number of esters is 1. The number of carbonyl (C=O) groups is 3. The van der Waals surface area contributed by atoms with Crippen LogP contribution in [0.15, 0.2) is 22.7 Å². The Labute approximate surface area is 161 Å². The monoisotopic (exact) mass is 429 g/mol. The van der Waals surface area contributed by atoms with Crippen LogP contribution in [0.4, 0.5) is 15.3 Å². The van der Waals surface area contributed by atoms with E-state index in [1.54, 1.807) is 47.6 Å². The lowest BCUT2D eigenvalue weighted by atomic mass is 10.1. The molecule has 0 N–H and O–H groups in total. The second-order valence-corrected chi connectivity index (χ2v) is 8.36. The molecule has 0 aromatic heterocycles. The molecule has 7 nitrogen and oxygen atoms in total. The van der Waals surface area contributed by atoms with Gasteiger partial charge >= 0.3 is 18.2 Å². The van der Waals surface area contributed by atoms with Crippen LogP contribution in [-0.2, 0) is 14.2 Å². The molecule has 0 aliphatic heterocycles. The van der Waals surface area contributed by atoms with Crippen molar-refractivity contribution in [2.75, 3.05) is 12.0 Å². The number of nitrogens with zero attached hydrogens (tertiary/aromatic N) is 1. The normalized spacial score (nSPS) is 11.5. The van der Waals surface area contributed by atoms with E-state index in [1.165, 1.54) is 19.2 Å². The van der Waals surface area contributed by atoms with Gasteiger partial charge in [-0.15, -0.1) is 0 Å². The minimum absolute atomic E-state index is 0.00329. The van der Waals surface area contributed by atoms with E-state index in [1.807, 2.05) is 0 Å². The van der Waals surface area contributed by atoms with Gasteiger partial charge in [0.1, 0.15) is 11.2 Å². The predicted molar refractivity (Wildman–Crippen MR) is 100 cm³/mol. The van der Waals surface area contributed by atoms with Gasteiger partial charge in [-0.05, 0) is 59.7 Å². The lowest BCUT2D eigenvalue weighted by Gasteiger charge is -2.29. The molecule has 0 bridgehead atoms. The van der Waals surface area contributed by atoms with Crippen molar-refractivity contribution in [1.82, 2.24) is 0 Å². The third-order valence-corrected chi connectivity index (χ3v) is 3.25. The zero-order chi connectivity index (χ0) is 20.3. The summed E-state index contributed by atoms with van der Waals surface area (Å²) in [6.45, 7) is 10.0. The minimum atomic E-state index is -0.959. The van der Waals surface area contributed by atoms with Gasteiger partial charge in [0.15, 0.2) is 0 Å². The average molecular weight is 430 g/mol. The van der Waals surface area contributed by atoms with E-state index in [0.29, 0.717) is 9.37 Å². The van der Waals surface area contributed by atoms with Gasteiger partial charge in [0, 0.05) is 4.47 Å². The van der Waals surface area contributed by atoms with E-state index in [-0.39, 0.29) is 11.3 Å². The second kappa shape index (κ2) is 8.07. The number of rotatable bonds is 2. The molecule has 1 aromatic rings. The Morgan fingerprint density at radius 3 is 1.77 bits per heavy atom. The maximum absolute atomic E-state index is 12.7. The first kappa shape index (κ1) is 22.0. The van der Waals surface area contributed by atoms with Crippen molar-refractivity contribution >= 4 is 39.8 Å². The highest BCUT2D eigenvalue weighted by Gasteiger charge is 2.35. The molecular weight excluding hydrogens is 406 g/mol. The van der Waals surface area contributed by atoms with Crippen molar-refractivity contribution in [3.8, 4) is 0 Å². The molecule has 0 aliphatic rings. The van der Waals surface area contributed by atoms with Gasteiger partial charge in [0.2, 0.25) is 0 Å². The zero-order valence-corrected chi connectivity index (χ0v) is 17.6. The van der Waals surface area contributed by atoms with Crippen molar-refractivity contribution in [3.63, 3.8) is 0 Å². The van der Waals surface area contributed by atoms with E-state index < -0.39 is 29.4 Å². The quantitative estimate of drug-likeness (QED) is 0.490. The van der Waals surface area contributed by atoms with Crippen LogP contribution >= 0.6 is 15.9 Å². The first-order valence-corrected chi connectivity index (χ1v) is 8.68. The maximum Gasteiger partial charge on any atom is 0.424 e. The molecule has 0 aliphatic carbocycles. The molecule has 0 heterocycles. The summed E-state index contributed by atoms with van der Waals surface area (Å²) < 4.78 is 16.0. The number of carbonyl (C=O) groups excluding carboxylic acids is 3. The lowest BCUT2D eigenvalue weighted by Crippen LogP contribution is -2.44. The third-order valence-electron chi connectivity index (χ3n) is 2.76. The van der Waals surface area contributed by atoms with Gasteiger partial charge in [-0.1, -0.05) is 15.9 Å². The summed E-state index contributed by atoms with van der Waals surface area (Å²) in [4.78, 5) is 38.2. The first-order chi connectivity index (χ1) is 11.7. The van der Waals surface area contributed by atoms with E-state index in [4.69, 9.17) is 14.2 Å². The Kier molecular flexibility index (Phi) is 6.82. The summed E-state index contributed by atoms with van der Waals surface area (Å²) in [7, 11) is 1.21. The number of imide groups is 1. The van der Waals surface area contributed by atoms with Crippen LogP contribution in [0.1, 0.15) is 51.9 Å². The number of methoxy groups -OCH3 is 1. The summed E-state index contributed by atoms with van der Waals surface area (Å²) in [5, 5.41) is 0. The van der Waals surface area contributed by atoms with E-state index in [2.05, 4.69) is 15.9 Å². The fourth-order valence-electron chi connectivity index (χ4n) is 1.86. The maximum atomic E-state index is 12.7. The van der Waals surface area contributed by atoms with Crippen LogP contribution in [-0.4, -0.2) is 36.5 Å². The van der Waals surface area contributed by atoms with Gasteiger partial charge in [-0.2, -0.15) is 4.90 Å². The highest BCUT2D eigenvalue weighted by atomic mass is 79.9. The molecule has 8 heteroatoms. The highest BCUT2D eigenvalue weighted by Crippen LogP contribution is 2.28. The SMILES string of the molecule is COC(=O)c1cc(Br)ccc1N(C(=O)OC(C)(C)C)C(=O)OC(C)(C)C. The van der Waals surface area contributed by atoms with Crippen LogP contribution in [0.25, 0.3) is 0 Å². The van der Waals surface area contributed by atoms with E-state index in [0.717, 1.165) is 0 Å². The summed E-state index contributed by atoms with van der Waals surface area (Å²) in [6.07, 6.45) is -1.92. The third kappa shape index (κ3) is 6.33. The lowest BCUT2D eigenvalue weighted by molar-refractivity contribution is 0.0430. The Bertz CT molecular complexity index is 675. The van der Waals surface area contributed by atoms with Crippen LogP contribution in [0.2, 0.25) is 0 Å². The van der Waals surface area contributed by atoms with E-state index in [9.17, 15) is 14.4 Å². The summed E-state index contributed by atoms with van der Waals surface area (Å²) in [5.41, 5.74) is -1.68. The molecule has 0 saturated heterocycles. The van der Waals surface area contributed by atoms with Crippen molar-refractivity contribution in [3.05, 3.63) is 28.2 Å². The Morgan fingerprint density at radius 2 is 1.38 bits per heavy atom. The predicted octanol–water partition coefficient (Wildman–Crippen LogP) is 4.91. The second-order valence-electron chi connectivity index (χ2n) is 7.45. The number of hydrogen-bond donors (Lipinski definition) is 0. The average Bonchev–Trinajstić information content (AvgIpc) is 2.44. The van der Waals surface area contributed by atoms with Crippen LogP contribution in [0, 0.1) is 0 Å². The number of amides is 2. The number of anilines is 1. The molecule has 0 fully saturated rings. The molecule has 0 radical (unpaired) electrons. The van der Waals surface area contributed by atoms with Crippen molar-refractivity contribution < 1.29 is 28.6 Å². The van der Waals surface area contributed by atoms with Gasteiger partial charge in [0.25, 0.3) is 0 Å². The van der Waals surface area contributed by atoms with Crippen LogP contribution in [0.3, 0.4) is 0 Å². The van der Waals surface area contributed by atoms with Gasteiger partial charge in [-0.25, -0.2) is 14.4 Å². The van der Waals surface area contributed by atoms with Crippen molar-refractivity contribution in [2.45, 2.75) is 52.7 Å². The molecule has 1 rings (SSSR count). The molecular formula is C18H24BrNO6. The molecule has 0 unspecified atom stereocenters. The molecule has 0 atom stereocenters. The van der Waals surface area contributed by atoms with Gasteiger partial charge in [-0.3, -0.25) is 0 Å². The standard InChI is InChI=1S/C18H24BrNO6/c1-17(2,3)25-15(22)20(16(23)26-18(4,5)6)13-9-8-11(19)10-12(13)14(21)24-7/h8-10H,1-7H3. The molecule has 0 saturated carbocycles. The summed E-state index contributed by atoms with van der Waals surface area (Å²) in [5.74, 6) is -0.710. The van der Waals surface area contributed by atoms with E-state index >= 15 is 0 Å². The van der Waals surface area contributed by atoms with Gasteiger partial charge in [0.05, 0.1) is 18.4 Å². The molecule has 26 heavy (non-hydrogen) atoms. The van der Waals surface area contributed by atoms with Crippen molar-refractivity contribution in [2.24, 2.45) is 0 Å².